The lowest BCUT2D eigenvalue weighted by Gasteiger charge is -2.13. The van der Waals surface area contributed by atoms with E-state index in [-0.39, 0.29) is 18.1 Å². The summed E-state index contributed by atoms with van der Waals surface area (Å²) in [6, 6.07) is 10.5. The Bertz CT molecular complexity index is 1250. The lowest BCUT2D eigenvalue weighted by atomic mass is 10.1. The van der Waals surface area contributed by atoms with Crippen molar-refractivity contribution < 1.29 is 9.53 Å². The van der Waals surface area contributed by atoms with Crippen molar-refractivity contribution in [3.8, 4) is 17.1 Å². The maximum atomic E-state index is 13.0. The third-order valence-electron chi connectivity index (χ3n) is 4.98. The van der Waals surface area contributed by atoms with Crippen LogP contribution in [0.15, 0.2) is 47.6 Å². The Hall–Kier alpha value is -3.07. The minimum atomic E-state index is -0.348. The number of benzene rings is 1. The Morgan fingerprint density at radius 1 is 1.09 bits per heavy atom. The molecule has 0 saturated heterocycles. The summed E-state index contributed by atoms with van der Waals surface area (Å²) in [7, 11) is 1.51. The number of aliphatic imine (C=N–C) groups is 1. The van der Waals surface area contributed by atoms with E-state index in [1.165, 1.54) is 13.3 Å². The van der Waals surface area contributed by atoms with E-state index in [4.69, 9.17) is 39.5 Å². The van der Waals surface area contributed by atoms with Gasteiger partial charge in [0.2, 0.25) is 5.88 Å². The van der Waals surface area contributed by atoms with Gasteiger partial charge >= 0.3 is 0 Å². The maximum Gasteiger partial charge on any atom is 0.270 e. The number of rotatable bonds is 7. The molecule has 0 spiro atoms. The first-order valence-corrected chi connectivity index (χ1v) is 11.5. The van der Waals surface area contributed by atoms with Crippen molar-refractivity contribution in [2.45, 2.75) is 13.1 Å². The molecule has 0 aliphatic carbocycles. The molecule has 0 atom stereocenters. The number of amides is 1. The van der Waals surface area contributed by atoms with Crippen LogP contribution in [-0.4, -0.2) is 42.0 Å². The fourth-order valence-corrected chi connectivity index (χ4v) is 3.82. The average molecular weight is 520 g/mol. The monoisotopic (exact) mass is 518 g/mol. The molecule has 176 valence electrons. The van der Waals surface area contributed by atoms with Gasteiger partial charge in [-0.05, 0) is 41.5 Å². The highest BCUT2D eigenvalue weighted by Gasteiger charge is 2.16. The Labute approximate surface area is 211 Å². The molecule has 3 heterocycles. The number of carbonyl (C=O) groups is 1. The topological polar surface area (TPSA) is 101 Å². The highest BCUT2D eigenvalue weighted by Crippen LogP contribution is 2.30. The molecule has 1 aliphatic rings. The van der Waals surface area contributed by atoms with Crippen LogP contribution in [0.4, 0.5) is 0 Å². The summed E-state index contributed by atoms with van der Waals surface area (Å²) >= 11 is 18.2. The SMILES string of the molecule is COc1ncc(Cl)cc1-c1cc(CNC2=NCCN2)cc(C(=O)NCc2ccc(Cl)c(Cl)c2)n1. The molecule has 0 fully saturated rings. The summed E-state index contributed by atoms with van der Waals surface area (Å²) in [6.45, 7) is 2.21. The summed E-state index contributed by atoms with van der Waals surface area (Å²) in [5.74, 6) is 0.719. The molecule has 1 amide bonds. The van der Waals surface area contributed by atoms with E-state index < -0.39 is 0 Å². The molecule has 0 saturated carbocycles. The molecule has 8 nitrogen and oxygen atoms in total. The number of hydrogen-bond acceptors (Lipinski definition) is 7. The molecule has 2 aromatic heterocycles. The summed E-state index contributed by atoms with van der Waals surface area (Å²) in [6.07, 6.45) is 1.49. The summed E-state index contributed by atoms with van der Waals surface area (Å²) in [4.78, 5) is 26.1. The highest BCUT2D eigenvalue weighted by atomic mass is 35.5. The quantitative estimate of drug-likeness (QED) is 0.435. The maximum absolute atomic E-state index is 13.0. The van der Waals surface area contributed by atoms with E-state index in [2.05, 4.69) is 30.9 Å². The number of halogens is 3. The molecule has 1 aliphatic heterocycles. The number of methoxy groups -OCH3 is 1. The van der Waals surface area contributed by atoms with E-state index >= 15 is 0 Å². The molecule has 4 rings (SSSR count). The van der Waals surface area contributed by atoms with Crippen molar-refractivity contribution >= 4 is 46.7 Å². The third-order valence-corrected chi connectivity index (χ3v) is 5.92. The number of nitrogens with one attached hydrogen (secondary N) is 3. The summed E-state index contributed by atoms with van der Waals surface area (Å²) in [5, 5.41) is 10.6. The van der Waals surface area contributed by atoms with Gasteiger partial charge in [0.25, 0.3) is 5.91 Å². The van der Waals surface area contributed by atoms with Gasteiger partial charge in [-0.2, -0.15) is 0 Å². The number of guanidine groups is 1. The van der Waals surface area contributed by atoms with Crippen molar-refractivity contribution in [2.75, 3.05) is 20.2 Å². The van der Waals surface area contributed by atoms with Crippen LogP contribution in [0.3, 0.4) is 0 Å². The Balaban J connectivity index is 1.62. The number of hydrogen-bond donors (Lipinski definition) is 3. The first kappa shape index (κ1) is 24.1. The molecule has 3 aromatic rings. The molecule has 0 radical (unpaired) electrons. The van der Waals surface area contributed by atoms with Gasteiger partial charge in [-0.15, -0.1) is 0 Å². The first-order valence-electron chi connectivity index (χ1n) is 10.4. The molecule has 0 bridgehead atoms. The van der Waals surface area contributed by atoms with Crippen LogP contribution in [0.2, 0.25) is 15.1 Å². The predicted octanol–water partition coefficient (Wildman–Crippen LogP) is 4.09. The second-order valence-electron chi connectivity index (χ2n) is 7.40. The van der Waals surface area contributed by atoms with Crippen LogP contribution in [0.1, 0.15) is 21.6 Å². The van der Waals surface area contributed by atoms with Gasteiger partial charge in [0.15, 0.2) is 5.96 Å². The Kier molecular flexibility index (Phi) is 7.72. The normalized spacial score (nSPS) is 12.6. The van der Waals surface area contributed by atoms with Gasteiger partial charge < -0.3 is 20.7 Å². The highest BCUT2D eigenvalue weighted by molar-refractivity contribution is 6.42. The van der Waals surface area contributed by atoms with Crippen molar-refractivity contribution in [3.05, 3.63) is 74.5 Å². The largest absolute Gasteiger partial charge is 0.481 e. The van der Waals surface area contributed by atoms with Crippen LogP contribution in [0.25, 0.3) is 11.3 Å². The van der Waals surface area contributed by atoms with Gasteiger partial charge in [-0.1, -0.05) is 40.9 Å². The smallest absolute Gasteiger partial charge is 0.270 e. The van der Waals surface area contributed by atoms with Crippen LogP contribution in [0, 0.1) is 0 Å². The number of aromatic nitrogens is 2. The lowest BCUT2D eigenvalue weighted by Crippen LogP contribution is -2.33. The van der Waals surface area contributed by atoms with Crippen LogP contribution >= 0.6 is 34.8 Å². The average Bonchev–Trinajstić information content (AvgIpc) is 3.37. The van der Waals surface area contributed by atoms with E-state index in [9.17, 15) is 4.79 Å². The zero-order chi connectivity index (χ0) is 24.1. The number of ether oxygens (including phenoxy) is 1. The lowest BCUT2D eigenvalue weighted by molar-refractivity contribution is 0.0946. The number of carbonyl (C=O) groups excluding carboxylic acids is 1. The Morgan fingerprint density at radius 2 is 1.94 bits per heavy atom. The third kappa shape index (κ3) is 5.88. The predicted molar refractivity (Wildman–Crippen MR) is 134 cm³/mol. The molecule has 3 N–H and O–H groups in total. The van der Waals surface area contributed by atoms with Crippen LogP contribution < -0.4 is 20.7 Å². The molecule has 34 heavy (non-hydrogen) atoms. The van der Waals surface area contributed by atoms with Crippen molar-refractivity contribution in [1.82, 2.24) is 25.9 Å². The number of pyridine rings is 2. The van der Waals surface area contributed by atoms with Crippen LogP contribution in [0.5, 0.6) is 5.88 Å². The fraction of sp³-hybridized carbons (Fsp3) is 0.217. The minimum absolute atomic E-state index is 0.234. The number of nitrogens with zero attached hydrogens (tertiary/aromatic N) is 3. The second kappa shape index (κ2) is 10.9. The summed E-state index contributed by atoms with van der Waals surface area (Å²) < 4.78 is 5.38. The van der Waals surface area contributed by atoms with Gasteiger partial charge in [-0.25, -0.2) is 9.97 Å². The zero-order valence-corrected chi connectivity index (χ0v) is 20.4. The second-order valence-corrected chi connectivity index (χ2v) is 8.65. The van der Waals surface area contributed by atoms with Crippen LogP contribution in [-0.2, 0) is 13.1 Å². The summed E-state index contributed by atoms with van der Waals surface area (Å²) in [5.41, 5.74) is 2.95. The molecular weight excluding hydrogens is 499 g/mol. The van der Waals surface area contributed by atoms with Gasteiger partial charge in [-0.3, -0.25) is 9.79 Å². The van der Waals surface area contributed by atoms with Gasteiger partial charge in [0.1, 0.15) is 5.69 Å². The molecule has 0 unspecified atom stereocenters. The van der Waals surface area contributed by atoms with E-state index in [1.54, 1.807) is 30.3 Å². The van der Waals surface area contributed by atoms with Crippen molar-refractivity contribution in [1.29, 1.82) is 0 Å². The molecular formula is C23H21Cl3N6O2. The van der Waals surface area contributed by atoms with E-state index in [0.717, 1.165) is 24.2 Å². The minimum Gasteiger partial charge on any atom is -0.481 e. The van der Waals surface area contributed by atoms with E-state index in [0.29, 0.717) is 44.7 Å². The van der Waals surface area contributed by atoms with Crippen molar-refractivity contribution in [3.63, 3.8) is 0 Å². The fourth-order valence-electron chi connectivity index (χ4n) is 3.34. The van der Waals surface area contributed by atoms with Gasteiger partial charge in [0.05, 0.1) is 40.0 Å². The first-order chi connectivity index (χ1) is 16.4. The zero-order valence-electron chi connectivity index (χ0n) is 18.2. The van der Waals surface area contributed by atoms with E-state index in [1.807, 2.05) is 6.07 Å². The molecule has 11 heteroatoms. The standard InChI is InChI=1S/C23H21Cl3N6O2/c1-34-22-16(9-15(24)12-30-22)19-7-14(11-31-23-27-4-5-28-23)8-20(32-19)21(33)29-10-13-2-3-17(25)18(26)6-13/h2-3,6-9,12H,4-5,10-11H2,1H3,(H,29,33)(H2,27,28,31). The molecule has 1 aromatic carbocycles. The van der Waals surface area contributed by atoms with Gasteiger partial charge in [0, 0.05) is 25.8 Å². The Morgan fingerprint density at radius 3 is 2.68 bits per heavy atom. The van der Waals surface area contributed by atoms with Crippen molar-refractivity contribution in [2.24, 2.45) is 4.99 Å².